The van der Waals surface area contributed by atoms with E-state index in [4.69, 9.17) is 10.2 Å². The van der Waals surface area contributed by atoms with Crippen molar-refractivity contribution in [3.8, 4) is 0 Å². The first-order valence-corrected chi connectivity index (χ1v) is 4.60. The van der Waals surface area contributed by atoms with Crippen LogP contribution in [0.5, 0.6) is 0 Å². The standard InChI is InChI=1S/C10H16O4/c1-7(2)4-3-5-8(10(13)14)6-9(11)12/h6-7H,3-5H2,1-2H3,(H,11,12)(H,13,14)/b8-6-. The van der Waals surface area contributed by atoms with E-state index in [0.29, 0.717) is 18.8 Å². The first kappa shape index (κ1) is 12.7. The van der Waals surface area contributed by atoms with Crippen LogP contribution in [0.1, 0.15) is 33.1 Å². The van der Waals surface area contributed by atoms with E-state index in [9.17, 15) is 9.59 Å². The second-order valence-electron chi connectivity index (χ2n) is 3.60. The van der Waals surface area contributed by atoms with Crippen LogP contribution in [0.2, 0.25) is 0 Å². The summed E-state index contributed by atoms with van der Waals surface area (Å²) in [6.07, 6.45) is 2.70. The average molecular weight is 200 g/mol. The van der Waals surface area contributed by atoms with Crippen LogP contribution in [-0.4, -0.2) is 22.2 Å². The summed E-state index contributed by atoms with van der Waals surface area (Å²) in [5.41, 5.74) is -0.0295. The fraction of sp³-hybridized carbons (Fsp3) is 0.600. The van der Waals surface area contributed by atoms with Gasteiger partial charge >= 0.3 is 11.9 Å². The molecule has 80 valence electrons. The normalized spacial score (nSPS) is 11.8. The summed E-state index contributed by atoms with van der Waals surface area (Å²) in [5, 5.41) is 17.1. The third-order valence-corrected chi connectivity index (χ3v) is 1.80. The van der Waals surface area contributed by atoms with Gasteiger partial charge in [0.2, 0.25) is 0 Å². The Bertz CT molecular complexity index is 241. The van der Waals surface area contributed by atoms with Crippen LogP contribution in [0.15, 0.2) is 11.6 Å². The minimum atomic E-state index is -1.20. The molecule has 0 rings (SSSR count). The molecular formula is C10H16O4. The van der Waals surface area contributed by atoms with E-state index in [1.54, 1.807) is 0 Å². The molecule has 0 bridgehead atoms. The molecule has 0 aromatic carbocycles. The van der Waals surface area contributed by atoms with Gasteiger partial charge in [-0.1, -0.05) is 20.3 Å². The third-order valence-electron chi connectivity index (χ3n) is 1.80. The number of carboxylic acids is 2. The molecule has 14 heavy (non-hydrogen) atoms. The SMILES string of the molecule is CC(C)CCC/C(=C/C(=O)O)C(=O)O. The highest BCUT2D eigenvalue weighted by atomic mass is 16.4. The molecule has 0 aliphatic rings. The maximum Gasteiger partial charge on any atom is 0.331 e. The van der Waals surface area contributed by atoms with E-state index in [1.165, 1.54) is 0 Å². The number of aliphatic carboxylic acids is 2. The van der Waals surface area contributed by atoms with Gasteiger partial charge < -0.3 is 10.2 Å². The van der Waals surface area contributed by atoms with Crippen LogP contribution >= 0.6 is 0 Å². The summed E-state index contributed by atoms with van der Waals surface area (Å²) in [4.78, 5) is 20.9. The van der Waals surface area contributed by atoms with Gasteiger partial charge in [-0.2, -0.15) is 0 Å². The summed E-state index contributed by atoms with van der Waals surface area (Å²) < 4.78 is 0. The smallest absolute Gasteiger partial charge is 0.331 e. The van der Waals surface area contributed by atoms with Crippen molar-refractivity contribution in [2.45, 2.75) is 33.1 Å². The molecule has 0 aromatic heterocycles. The largest absolute Gasteiger partial charge is 0.478 e. The molecule has 2 N–H and O–H groups in total. The van der Waals surface area contributed by atoms with Crippen molar-refractivity contribution in [2.75, 3.05) is 0 Å². The average Bonchev–Trinajstić information content (AvgIpc) is 2.00. The minimum absolute atomic E-state index is 0.0295. The predicted molar refractivity (Wildman–Crippen MR) is 52.0 cm³/mol. The van der Waals surface area contributed by atoms with Crippen molar-refractivity contribution in [2.24, 2.45) is 5.92 Å². The summed E-state index contributed by atoms with van der Waals surface area (Å²) >= 11 is 0. The highest BCUT2D eigenvalue weighted by Gasteiger charge is 2.09. The maximum atomic E-state index is 10.6. The van der Waals surface area contributed by atoms with Gasteiger partial charge in [-0.3, -0.25) is 0 Å². The molecule has 0 unspecified atom stereocenters. The van der Waals surface area contributed by atoms with Crippen LogP contribution in [0.25, 0.3) is 0 Å². The lowest BCUT2D eigenvalue weighted by Crippen LogP contribution is -2.04. The van der Waals surface area contributed by atoms with Gasteiger partial charge in [0.25, 0.3) is 0 Å². The van der Waals surface area contributed by atoms with Crippen LogP contribution in [-0.2, 0) is 9.59 Å². The molecule has 0 atom stereocenters. The highest BCUT2D eigenvalue weighted by Crippen LogP contribution is 2.12. The maximum absolute atomic E-state index is 10.6. The van der Waals surface area contributed by atoms with Crippen molar-refractivity contribution in [3.63, 3.8) is 0 Å². The molecule has 0 amide bonds. The molecule has 4 heteroatoms. The van der Waals surface area contributed by atoms with Crippen molar-refractivity contribution >= 4 is 11.9 Å². The predicted octanol–water partition coefficient (Wildman–Crippen LogP) is 1.91. The number of hydrogen-bond donors (Lipinski definition) is 2. The summed E-state index contributed by atoms with van der Waals surface area (Å²) in [6, 6.07) is 0. The van der Waals surface area contributed by atoms with E-state index in [1.807, 2.05) is 13.8 Å². The Morgan fingerprint density at radius 2 is 1.86 bits per heavy atom. The Morgan fingerprint density at radius 3 is 2.21 bits per heavy atom. The number of rotatable bonds is 6. The molecule has 0 aromatic rings. The zero-order valence-corrected chi connectivity index (χ0v) is 8.49. The number of carbonyl (C=O) groups is 2. The third kappa shape index (κ3) is 6.22. The molecule has 0 aliphatic carbocycles. The van der Waals surface area contributed by atoms with E-state index in [0.717, 1.165) is 12.5 Å². The van der Waals surface area contributed by atoms with Crippen LogP contribution < -0.4 is 0 Å². The lowest BCUT2D eigenvalue weighted by Gasteiger charge is -2.04. The highest BCUT2D eigenvalue weighted by molar-refractivity contribution is 5.94. The van der Waals surface area contributed by atoms with E-state index in [-0.39, 0.29) is 5.57 Å². The molecule has 0 saturated heterocycles. The van der Waals surface area contributed by atoms with Crippen molar-refractivity contribution in [1.29, 1.82) is 0 Å². The molecular weight excluding hydrogens is 184 g/mol. The first-order chi connectivity index (χ1) is 6.43. The van der Waals surface area contributed by atoms with E-state index < -0.39 is 11.9 Å². The van der Waals surface area contributed by atoms with E-state index in [2.05, 4.69) is 0 Å². The molecule has 0 heterocycles. The van der Waals surface area contributed by atoms with Gasteiger partial charge in [0.15, 0.2) is 0 Å². The molecule has 0 saturated carbocycles. The summed E-state index contributed by atoms with van der Waals surface area (Å²) in [5.74, 6) is -1.84. The fourth-order valence-electron chi connectivity index (χ4n) is 1.09. The first-order valence-electron chi connectivity index (χ1n) is 4.60. The van der Waals surface area contributed by atoms with Gasteiger partial charge in [0.05, 0.1) is 0 Å². The van der Waals surface area contributed by atoms with Gasteiger partial charge in [-0.05, 0) is 18.8 Å². The molecule has 0 fully saturated rings. The van der Waals surface area contributed by atoms with Crippen LogP contribution in [0.3, 0.4) is 0 Å². The molecule has 0 aliphatic heterocycles. The Hall–Kier alpha value is -1.32. The van der Waals surface area contributed by atoms with Gasteiger partial charge in [0, 0.05) is 11.6 Å². The lowest BCUT2D eigenvalue weighted by molar-refractivity contribution is -0.135. The van der Waals surface area contributed by atoms with Crippen molar-refractivity contribution in [1.82, 2.24) is 0 Å². The fourth-order valence-corrected chi connectivity index (χ4v) is 1.09. The van der Waals surface area contributed by atoms with Crippen LogP contribution in [0.4, 0.5) is 0 Å². The Labute approximate surface area is 83.2 Å². The molecule has 0 radical (unpaired) electrons. The van der Waals surface area contributed by atoms with Gasteiger partial charge in [-0.25, -0.2) is 9.59 Å². The number of carboxylic acid groups (broad SMARTS) is 2. The minimum Gasteiger partial charge on any atom is -0.478 e. The van der Waals surface area contributed by atoms with Crippen molar-refractivity contribution < 1.29 is 19.8 Å². The molecule has 0 spiro atoms. The Balaban J connectivity index is 4.12. The Kier molecular flexibility index (Phi) is 5.60. The van der Waals surface area contributed by atoms with Crippen molar-refractivity contribution in [3.05, 3.63) is 11.6 Å². The summed E-state index contributed by atoms with van der Waals surface area (Å²) in [7, 11) is 0. The second-order valence-corrected chi connectivity index (χ2v) is 3.60. The topological polar surface area (TPSA) is 74.6 Å². The van der Waals surface area contributed by atoms with Gasteiger partial charge in [-0.15, -0.1) is 0 Å². The zero-order chi connectivity index (χ0) is 11.1. The second kappa shape index (κ2) is 6.18. The monoisotopic (exact) mass is 200 g/mol. The van der Waals surface area contributed by atoms with Gasteiger partial charge in [0.1, 0.15) is 0 Å². The summed E-state index contributed by atoms with van der Waals surface area (Å²) in [6.45, 7) is 4.09. The quantitative estimate of drug-likeness (QED) is 0.642. The number of hydrogen-bond acceptors (Lipinski definition) is 2. The lowest BCUT2D eigenvalue weighted by atomic mass is 10.0. The zero-order valence-electron chi connectivity index (χ0n) is 8.49. The van der Waals surface area contributed by atoms with Crippen LogP contribution in [0, 0.1) is 5.92 Å². The molecule has 4 nitrogen and oxygen atoms in total. The van der Waals surface area contributed by atoms with E-state index >= 15 is 0 Å². The Morgan fingerprint density at radius 1 is 1.29 bits per heavy atom.